The van der Waals surface area contributed by atoms with Crippen molar-refractivity contribution < 1.29 is 64.6 Å². The average molecular weight is 864 g/mol. The second kappa shape index (κ2) is 34.4. The van der Waals surface area contributed by atoms with Crippen molar-refractivity contribution in [3.8, 4) is 0 Å². The number of unbranched alkanes of at least 4 members (excludes halogenated alkanes) is 24. The molecule has 2 fully saturated rings. The molecule has 2 rings (SSSR count). The molecule has 9 N–H and O–H groups in total. The summed E-state index contributed by atoms with van der Waals surface area (Å²) in [6, 6.07) is -0.817. The zero-order valence-corrected chi connectivity index (χ0v) is 37.5. The normalized spacial score (nSPS) is 28.2. The van der Waals surface area contributed by atoms with Crippen LogP contribution < -0.4 is 5.32 Å². The van der Waals surface area contributed by atoms with E-state index in [1.807, 2.05) is 0 Å². The lowest BCUT2D eigenvalue weighted by molar-refractivity contribution is -0.359. The van der Waals surface area contributed by atoms with Gasteiger partial charge in [-0.15, -0.1) is 0 Å². The zero-order valence-electron chi connectivity index (χ0n) is 37.5. The van der Waals surface area contributed by atoms with E-state index < -0.39 is 86.8 Å². The summed E-state index contributed by atoms with van der Waals surface area (Å²) in [6.07, 6.45) is 16.3. The summed E-state index contributed by atoms with van der Waals surface area (Å²) in [5.74, 6) is -0.212. The van der Waals surface area contributed by atoms with Crippen molar-refractivity contribution in [2.45, 2.75) is 267 Å². The van der Waals surface area contributed by atoms with E-state index in [2.05, 4.69) is 19.2 Å². The predicted octanol–water partition coefficient (Wildman–Crippen LogP) is 5.44. The highest BCUT2D eigenvalue weighted by Crippen LogP contribution is 2.30. The van der Waals surface area contributed by atoms with Gasteiger partial charge in [0.2, 0.25) is 5.91 Å². The molecule has 12 atom stereocenters. The first-order chi connectivity index (χ1) is 29.1. The molecule has 2 heterocycles. The summed E-state index contributed by atoms with van der Waals surface area (Å²) in [4.78, 5) is 13.0. The highest BCUT2D eigenvalue weighted by molar-refractivity contribution is 5.76. The van der Waals surface area contributed by atoms with Crippen LogP contribution in [0.15, 0.2) is 0 Å². The van der Waals surface area contributed by atoms with Crippen molar-refractivity contribution in [3.05, 3.63) is 0 Å². The minimum atomic E-state index is -1.78. The fourth-order valence-corrected chi connectivity index (χ4v) is 8.30. The van der Waals surface area contributed by atoms with E-state index >= 15 is 0 Å². The van der Waals surface area contributed by atoms with E-state index in [1.165, 1.54) is 116 Å². The molecule has 0 aliphatic carbocycles. The number of aliphatic hydroxyl groups is 8. The Labute approximate surface area is 362 Å². The largest absolute Gasteiger partial charge is 0.394 e. The Balaban J connectivity index is 1.66. The van der Waals surface area contributed by atoms with Gasteiger partial charge in [0.05, 0.1) is 32.0 Å². The van der Waals surface area contributed by atoms with Crippen LogP contribution in [-0.2, 0) is 23.7 Å². The Bertz CT molecular complexity index is 1020. The summed E-state index contributed by atoms with van der Waals surface area (Å²) < 4.78 is 22.6. The van der Waals surface area contributed by atoms with Gasteiger partial charge in [-0.05, 0) is 12.8 Å². The van der Waals surface area contributed by atoms with Gasteiger partial charge in [-0.25, -0.2) is 0 Å². The van der Waals surface area contributed by atoms with E-state index in [4.69, 9.17) is 18.9 Å². The molecule has 1 amide bonds. The lowest BCUT2D eigenvalue weighted by Gasteiger charge is -2.46. The van der Waals surface area contributed by atoms with Crippen LogP contribution in [0.1, 0.15) is 194 Å². The van der Waals surface area contributed by atoms with E-state index in [9.17, 15) is 45.6 Å². The molecule has 0 bridgehead atoms. The standard InChI is InChI=1S/C46H89NO13/c1-3-5-7-9-10-11-12-13-14-15-16-17-18-19-20-21-22-23-24-25-26-28-30-38(51)47-34(35(50)29-27-8-6-4-2)33-57-45-43(56)41(54)44(37(32-49)59-45)60-46-42(55)40(53)39(52)36(31-48)58-46/h34-37,39-46,48-50,52-56H,3-33H2,1-2H3,(H,47,51). The van der Waals surface area contributed by atoms with Crippen LogP contribution >= 0.6 is 0 Å². The van der Waals surface area contributed by atoms with Crippen LogP contribution in [0.3, 0.4) is 0 Å². The van der Waals surface area contributed by atoms with Crippen molar-refractivity contribution in [1.29, 1.82) is 0 Å². The zero-order chi connectivity index (χ0) is 44.0. The number of amides is 1. The number of ether oxygens (including phenoxy) is 4. The highest BCUT2D eigenvalue weighted by atomic mass is 16.7. The third kappa shape index (κ3) is 22.1. The number of rotatable bonds is 37. The van der Waals surface area contributed by atoms with Gasteiger partial charge in [0.15, 0.2) is 12.6 Å². The number of aliphatic hydroxyl groups excluding tert-OH is 8. The molecule has 0 aromatic carbocycles. The Kier molecular flexibility index (Phi) is 31.6. The first-order valence-corrected chi connectivity index (χ1v) is 24.3. The fourth-order valence-electron chi connectivity index (χ4n) is 8.30. The maximum absolute atomic E-state index is 13.0. The summed E-state index contributed by atoms with van der Waals surface area (Å²) in [6.45, 7) is 2.72. The van der Waals surface area contributed by atoms with Gasteiger partial charge in [-0.2, -0.15) is 0 Å². The molecule has 0 spiro atoms. The quantitative estimate of drug-likeness (QED) is 0.0356. The molecule has 0 aromatic heterocycles. The monoisotopic (exact) mass is 864 g/mol. The van der Waals surface area contributed by atoms with Crippen molar-refractivity contribution in [3.63, 3.8) is 0 Å². The molecule has 356 valence electrons. The van der Waals surface area contributed by atoms with Crippen LogP contribution in [0.4, 0.5) is 0 Å². The molecule has 14 nitrogen and oxygen atoms in total. The minimum Gasteiger partial charge on any atom is -0.394 e. The van der Waals surface area contributed by atoms with Crippen molar-refractivity contribution in [1.82, 2.24) is 5.32 Å². The molecule has 0 radical (unpaired) electrons. The number of nitrogens with one attached hydrogen (secondary N) is 1. The van der Waals surface area contributed by atoms with E-state index in [1.54, 1.807) is 0 Å². The maximum atomic E-state index is 13.0. The van der Waals surface area contributed by atoms with Gasteiger partial charge in [0.1, 0.15) is 48.8 Å². The molecular weight excluding hydrogens is 775 g/mol. The summed E-state index contributed by atoms with van der Waals surface area (Å²) in [7, 11) is 0. The van der Waals surface area contributed by atoms with Crippen LogP contribution in [-0.4, -0.2) is 140 Å². The van der Waals surface area contributed by atoms with Gasteiger partial charge in [-0.1, -0.05) is 174 Å². The maximum Gasteiger partial charge on any atom is 0.220 e. The van der Waals surface area contributed by atoms with Gasteiger partial charge < -0.3 is 65.1 Å². The van der Waals surface area contributed by atoms with Crippen molar-refractivity contribution >= 4 is 5.91 Å². The lowest BCUT2D eigenvalue weighted by atomic mass is 9.97. The minimum absolute atomic E-state index is 0.212. The van der Waals surface area contributed by atoms with E-state index in [0.717, 1.165) is 51.4 Å². The SMILES string of the molecule is CCCCCCCCCCCCCCCCCCCCCCCCC(=O)NC(COC1OC(CO)C(OC2OC(CO)C(O)C(O)C2O)C(O)C1O)C(O)CCCCCC. The Hall–Kier alpha value is -1.01. The molecule has 12 unspecified atom stereocenters. The van der Waals surface area contributed by atoms with Gasteiger partial charge in [0, 0.05) is 6.42 Å². The third-order valence-corrected chi connectivity index (χ3v) is 12.3. The average Bonchev–Trinajstić information content (AvgIpc) is 3.24. The first kappa shape index (κ1) is 55.1. The lowest BCUT2D eigenvalue weighted by Crippen LogP contribution is -2.65. The summed E-state index contributed by atoms with van der Waals surface area (Å²) in [5, 5.41) is 86.1. The fraction of sp³-hybridized carbons (Fsp3) is 0.978. The molecular formula is C46H89NO13. The topological polar surface area (TPSA) is 228 Å². The third-order valence-electron chi connectivity index (χ3n) is 12.3. The molecule has 0 saturated carbocycles. The molecule has 14 heteroatoms. The number of hydrogen-bond donors (Lipinski definition) is 9. The van der Waals surface area contributed by atoms with Gasteiger partial charge in [-0.3, -0.25) is 4.79 Å². The smallest absolute Gasteiger partial charge is 0.220 e. The highest BCUT2D eigenvalue weighted by Gasteiger charge is 2.51. The molecule has 2 aliphatic heterocycles. The number of hydrogen-bond acceptors (Lipinski definition) is 13. The Morgan fingerprint density at radius 3 is 1.42 bits per heavy atom. The Morgan fingerprint density at radius 2 is 0.950 bits per heavy atom. The molecule has 2 saturated heterocycles. The molecule has 60 heavy (non-hydrogen) atoms. The second-order valence-electron chi connectivity index (χ2n) is 17.6. The van der Waals surface area contributed by atoms with E-state index in [0.29, 0.717) is 12.8 Å². The van der Waals surface area contributed by atoms with Crippen molar-refractivity contribution in [2.24, 2.45) is 0 Å². The van der Waals surface area contributed by atoms with Crippen LogP contribution in [0, 0.1) is 0 Å². The predicted molar refractivity (Wildman–Crippen MR) is 231 cm³/mol. The summed E-state index contributed by atoms with van der Waals surface area (Å²) >= 11 is 0. The van der Waals surface area contributed by atoms with Crippen LogP contribution in [0.2, 0.25) is 0 Å². The number of carbonyl (C=O) groups excluding carboxylic acids is 1. The van der Waals surface area contributed by atoms with E-state index in [-0.39, 0.29) is 12.5 Å². The van der Waals surface area contributed by atoms with Crippen molar-refractivity contribution in [2.75, 3.05) is 19.8 Å². The Morgan fingerprint density at radius 1 is 0.533 bits per heavy atom. The number of carbonyl (C=O) groups is 1. The van der Waals surface area contributed by atoms with Gasteiger partial charge >= 0.3 is 0 Å². The molecule has 2 aliphatic rings. The van der Waals surface area contributed by atoms with Crippen LogP contribution in [0.25, 0.3) is 0 Å². The first-order valence-electron chi connectivity index (χ1n) is 24.3. The summed E-state index contributed by atoms with van der Waals surface area (Å²) in [5.41, 5.74) is 0. The second-order valence-corrected chi connectivity index (χ2v) is 17.6. The molecule has 0 aromatic rings. The van der Waals surface area contributed by atoms with Gasteiger partial charge in [0.25, 0.3) is 0 Å². The van der Waals surface area contributed by atoms with Crippen LogP contribution in [0.5, 0.6) is 0 Å².